The maximum Gasteiger partial charge on any atom is 0.166 e. The molecule has 1 saturated heterocycles. The van der Waals surface area contributed by atoms with Crippen molar-refractivity contribution >= 4 is 5.82 Å². The van der Waals surface area contributed by atoms with E-state index in [1.165, 1.54) is 13.2 Å². The van der Waals surface area contributed by atoms with Gasteiger partial charge in [0.25, 0.3) is 0 Å². The smallest absolute Gasteiger partial charge is 0.166 e. The Bertz CT molecular complexity index is 1270. The summed E-state index contributed by atoms with van der Waals surface area (Å²) in [5.74, 6) is 1.12. The number of hydrogen-bond acceptors (Lipinski definition) is 7. The molecule has 4 aromatic rings. The summed E-state index contributed by atoms with van der Waals surface area (Å²) < 4.78 is 19.8. The number of pyridine rings is 1. The Hall–Kier alpha value is -3.85. The molecule has 0 aliphatic carbocycles. The molecule has 8 nitrogen and oxygen atoms in total. The van der Waals surface area contributed by atoms with Crippen LogP contribution in [-0.2, 0) is 0 Å². The van der Waals surface area contributed by atoms with Gasteiger partial charge in [-0.1, -0.05) is 12.1 Å². The molecular formula is C24H24FN7O. The zero-order chi connectivity index (χ0) is 22.8. The lowest BCUT2D eigenvalue weighted by molar-refractivity contribution is 0.312. The molecule has 0 saturated carbocycles. The van der Waals surface area contributed by atoms with Crippen molar-refractivity contribution < 1.29 is 9.13 Å². The number of ether oxygens (including phenoxy) is 1. The van der Waals surface area contributed by atoms with Crippen molar-refractivity contribution in [2.75, 3.05) is 45.2 Å². The van der Waals surface area contributed by atoms with Gasteiger partial charge < -0.3 is 14.5 Å². The first-order valence-corrected chi connectivity index (χ1v) is 10.7. The first-order valence-electron chi connectivity index (χ1n) is 10.7. The molecule has 33 heavy (non-hydrogen) atoms. The third-order valence-electron chi connectivity index (χ3n) is 5.75. The van der Waals surface area contributed by atoms with Gasteiger partial charge in [-0.15, -0.1) is 0 Å². The number of halogens is 1. The predicted octanol–water partition coefficient (Wildman–Crippen LogP) is 3.50. The quantitative estimate of drug-likeness (QED) is 0.503. The van der Waals surface area contributed by atoms with E-state index in [2.05, 4.69) is 37.0 Å². The molecule has 1 fully saturated rings. The van der Waals surface area contributed by atoms with Crippen molar-refractivity contribution in [2.45, 2.75) is 0 Å². The number of anilines is 1. The van der Waals surface area contributed by atoms with Gasteiger partial charge in [-0.05, 0) is 43.4 Å². The Balaban J connectivity index is 1.43. The first kappa shape index (κ1) is 21.0. The van der Waals surface area contributed by atoms with Crippen LogP contribution in [0.2, 0.25) is 0 Å². The van der Waals surface area contributed by atoms with E-state index in [1.54, 1.807) is 24.4 Å². The van der Waals surface area contributed by atoms with Crippen molar-refractivity contribution in [1.82, 2.24) is 30.0 Å². The molecule has 168 valence electrons. The number of benzene rings is 1. The zero-order valence-electron chi connectivity index (χ0n) is 18.5. The van der Waals surface area contributed by atoms with Gasteiger partial charge in [-0.25, -0.2) is 19.3 Å². The van der Waals surface area contributed by atoms with Crippen LogP contribution in [0.3, 0.4) is 0 Å². The minimum absolute atomic E-state index is 0.221. The highest BCUT2D eigenvalue weighted by atomic mass is 19.1. The summed E-state index contributed by atoms with van der Waals surface area (Å²) in [6.07, 6.45) is 1.59. The number of H-pyrrole nitrogens is 1. The molecule has 9 heteroatoms. The summed E-state index contributed by atoms with van der Waals surface area (Å²) >= 11 is 0. The van der Waals surface area contributed by atoms with Crippen LogP contribution in [0.25, 0.3) is 34.2 Å². The lowest BCUT2D eigenvalue weighted by Crippen LogP contribution is -2.44. The monoisotopic (exact) mass is 445 g/mol. The van der Waals surface area contributed by atoms with Crippen molar-refractivity contribution in [3.8, 4) is 39.9 Å². The fraction of sp³-hybridized carbons (Fsp3) is 0.250. The van der Waals surface area contributed by atoms with Crippen molar-refractivity contribution in [3.05, 3.63) is 60.5 Å². The normalized spacial score (nSPS) is 14.5. The summed E-state index contributed by atoms with van der Waals surface area (Å²) in [7, 11) is 3.62. The fourth-order valence-corrected chi connectivity index (χ4v) is 3.88. The van der Waals surface area contributed by atoms with E-state index in [1.807, 2.05) is 24.3 Å². The molecule has 4 heterocycles. The molecule has 1 aliphatic rings. The SMILES string of the molecule is COc1cccc(F)c1-c1nccc(-c2cc(-c3cccc(N4CCN(C)CC4)n3)[nH]n2)n1. The third-order valence-corrected chi connectivity index (χ3v) is 5.75. The van der Waals surface area contributed by atoms with Gasteiger partial charge in [-0.3, -0.25) is 5.10 Å². The molecule has 1 aliphatic heterocycles. The Morgan fingerprint density at radius 2 is 1.76 bits per heavy atom. The number of aromatic amines is 1. The number of likely N-dealkylation sites (N-methyl/N-ethyl adjacent to an activating group) is 1. The second kappa shape index (κ2) is 8.95. The Kier molecular flexibility index (Phi) is 5.70. The molecule has 0 unspecified atom stereocenters. The highest BCUT2D eigenvalue weighted by Gasteiger charge is 2.18. The van der Waals surface area contributed by atoms with Gasteiger partial charge in [-0.2, -0.15) is 5.10 Å². The molecular weight excluding hydrogens is 421 g/mol. The van der Waals surface area contributed by atoms with Gasteiger partial charge in [0.2, 0.25) is 0 Å². The molecule has 0 atom stereocenters. The number of nitrogens with zero attached hydrogens (tertiary/aromatic N) is 6. The number of rotatable bonds is 5. The van der Waals surface area contributed by atoms with E-state index < -0.39 is 5.82 Å². The average molecular weight is 446 g/mol. The van der Waals surface area contributed by atoms with E-state index in [0.29, 0.717) is 17.1 Å². The van der Waals surface area contributed by atoms with E-state index in [-0.39, 0.29) is 11.4 Å². The summed E-state index contributed by atoms with van der Waals surface area (Å²) in [6.45, 7) is 3.93. The zero-order valence-corrected chi connectivity index (χ0v) is 18.5. The van der Waals surface area contributed by atoms with Gasteiger partial charge in [0.15, 0.2) is 5.82 Å². The van der Waals surface area contributed by atoms with Gasteiger partial charge >= 0.3 is 0 Å². The molecule has 1 aromatic carbocycles. The number of aromatic nitrogens is 5. The summed E-state index contributed by atoms with van der Waals surface area (Å²) in [5, 5.41) is 7.47. The maximum atomic E-state index is 14.5. The van der Waals surface area contributed by atoms with Crippen LogP contribution in [0.1, 0.15) is 0 Å². The van der Waals surface area contributed by atoms with E-state index in [4.69, 9.17) is 9.72 Å². The Morgan fingerprint density at radius 1 is 0.939 bits per heavy atom. The first-order chi connectivity index (χ1) is 16.1. The highest BCUT2D eigenvalue weighted by Crippen LogP contribution is 2.31. The summed E-state index contributed by atoms with van der Waals surface area (Å²) in [4.78, 5) is 18.2. The average Bonchev–Trinajstić information content (AvgIpc) is 3.35. The van der Waals surface area contributed by atoms with Gasteiger partial charge in [0.1, 0.15) is 23.1 Å². The van der Waals surface area contributed by atoms with Crippen LogP contribution < -0.4 is 9.64 Å². The van der Waals surface area contributed by atoms with Crippen LogP contribution in [-0.4, -0.2) is 70.4 Å². The molecule has 0 amide bonds. The largest absolute Gasteiger partial charge is 0.496 e. The van der Waals surface area contributed by atoms with Crippen molar-refractivity contribution in [1.29, 1.82) is 0 Å². The second-order valence-electron chi connectivity index (χ2n) is 7.92. The third kappa shape index (κ3) is 4.27. The molecule has 0 spiro atoms. The van der Waals surface area contributed by atoms with Crippen LogP contribution >= 0.6 is 0 Å². The topological polar surface area (TPSA) is 83.1 Å². The lowest BCUT2D eigenvalue weighted by atomic mass is 10.1. The number of nitrogens with one attached hydrogen (secondary N) is 1. The van der Waals surface area contributed by atoms with Crippen molar-refractivity contribution in [2.24, 2.45) is 0 Å². The molecule has 1 N–H and O–H groups in total. The van der Waals surface area contributed by atoms with Crippen LogP contribution in [0.15, 0.2) is 54.7 Å². The molecule has 3 aromatic heterocycles. The van der Waals surface area contributed by atoms with Crippen molar-refractivity contribution in [3.63, 3.8) is 0 Å². The number of hydrogen-bond donors (Lipinski definition) is 1. The fourth-order valence-electron chi connectivity index (χ4n) is 3.88. The lowest BCUT2D eigenvalue weighted by Gasteiger charge is -2.33. The molecule has 5 rings (SSSR count). The van der Waals surface area contributed by atoms with E-state index in [0.717, 1.165) is 43.4 Å². The van der Waals surface area contributed by atoms with E-state index >= 15 is 0 Å². The van der Waals surface area contributed by atoms with Crippen LogP contribution in [0.4, 0.5) is 10.2 Å². The minimum atomic E-state index is -0.445. The predicted molar refractivity (Wildman–Crippen MR) is 125 cm³/mol. The summed E-state index contributed by atoms with van der Waals surface area (Å²) in [6, 6.07) is 14.2. The van der Waals surface area contributed by atoms with Gasteiger partial charge in [0.05, 0.1) is 29.8 Å². The molecule has 0 radical (unpaired) electrons. The highest BCUT2D eigenvalue weighted by molar-refractivity contribution is 5.69. The van der Waals surface area contributed by atoms with Crippen LogP contribution in [0, 0.1) is 5.82 Å². The molecule has 0 bridgehead atoms. The van der Waals surface area contributed by atoms with Gasteiger partial charge in [0, 0.05) is 32.4 Å². The Morgan fingerprint density at radius 3 is 2.58 bits per heavy atom. The van der Waals surface area contributed by atoms with E-state index in [9.17, 15) is 4.39 Å². The number of methoxy groups -OCH3 is 1. The second-order valence-corrected chi connectivity index (χ2v) is 7.92. The standard InChI is InChI=1S/C24H24FN7O/c1-31-11-13-32(14-12-31)22-8-4-6-17(27-22)19-15-20(30-29-19)18-9-10-26-24(28-18)23-16(25)5-3-7-21(23)33-2/h3-10,15H,11-14H2,1-2H3,(H,29,30). The maximum absolute atomic E-state index is 14.5. The van der Waals surface area contributed by atoms with Crippen LogP contribution in [0.5, 0.6) is 5.75 Å². The Labute approximate surface area is 191 Å². The number of piperazine rings is 1. The minimum Gasteiger partial charge on any atom is -0.496 e. The summed E-state index contributed by atoms with van der Waals surface area (Å²) in [5.41, 5.74) is 3.00.